The number of nitrogens with zero attached hydrogens (tertiary/aromatic N) is 2. The molecule has 2 aliphatic rings. The molecule has 1 saturated heterocycles. The van der Waals surface area contributed by atoms with E-state index in [1.807, 2.05) is 39.0 Å². The number of carbonyl (C=O) groups excluding carboxylic acids is 3. The number of hydrogen-bond acceptors (Lipinski definition) is 8. The maximum atomic E-state index is 14.4. The van der Waals surface area contributed by atoms with Gasteiger partial charge in [-0.05, 0) is 50.7 Å². The number of ether oxygens (including phenoxy) is 1. The lowest BCUT2D eigenvalue weighted by Crippen LogP contribution is -2.59. The molecule has 1 saturated carbocycles. The standard InChI is InChI=1S/C29H39FN4O5S2/c1-16-22(41-15-32-16)17-7-8-18(21(11-17)39-28(5,6)40)13-31-24(36)20-12-19(35)14-34(20)25(37)23(27(2,3)4)33-26(38)29(30)9-10-29/h7-8,11,15,19-20,23,35,40H,9-10,12-14H2,1-6H3,(H,31,36)(H,33,38)/t19-,20+,23-/m1/s1. The first-order valence-electron chi connectivity index (χ1n) is 13.7. The van der Waals surface area contributed by atoms with Crippen LogP contribution in [0.15, 0.2) is 23.7 Å². The number of thiol groups is 1. The molecule has 2 aromatic rings. The fourth-order valence-electron chi connectivity index (χ4n) is 4.80. The number of likely N-dealkylation sites (tertiary alicyclic amines) is 1. The molecule has 9 nitrogen and oxygen atoms in total. The molecule has 2 fully saturated rings. The van der Waals surface area contributed by atoms with Crippen LogP contribution in [-0.4, -0.2) is 68.0 Å². The molecular formula is C29H39FN4O5S2. The molecule has 3 N–H and O–H groups in total. The van der Waals surface area contributed by atoms with E-state index in [0.29, 0.717) is 11.3 Å². The predicted molar refractivity (Wildman–Crippen MR) is 158 cm³/mol. The highest BCUT2D eigenvalue weighted by Crippen LogP contribution is 2.40. The first-order valence-corrected chi connectivity index (χ1v) is 15.0. The van der Waals surface area contributed by atoms with Gasteiger partial charge in [0, 0.05) is 25.1 Å². The fraction of sp³-hybridized carbons (Fsp3) is 0.586. The number of aryl methyl sites for hydroxylation is 1. The SMILES string of the molecule is Cc1ncsc1-c1ccc(CNC(=O)[C@@H]2C[C@@H](O)CN2C(=O)[C@@H](NC(=O)C2(F)CC2)C(C)(C)C)c(OC(C)(C)S)c1. The van der Waals surface area contributed by atoms with Gasteiger partial charge in [-0.3, -0.25) is 14.4 Å². The number of hydrogen-bond donors (Lipinski definition) is 4. The maximum absolute atomic E-state index is 14.4. The Hall–Kier alpha value is -2.70. The molecule has 4 rings (SSSR count). The normalized spacial score (nSPS) is 20.9. The molecular weight excluding hydrogens is 567 g/mol. The average Bonchev–Trinajstić information content (AvgIpc) is 3.27. The van der Waals surface area contributed by atoms with Crippen LogP contribution in [0.25, 0.3) is 10.4 Å². The summed E-state index contributed by atoms with van der Waals surface area (Å²) in [5.41, 5.74) is 1.62. The molecule has 1 aromatic heterocycles. The van der Waals surface area contributed by atoms with Gasteiger partial charge in [-0.25, -0.2) is 9.37 Å². The number of nitrogens with one attached hydrogen (secondary N) is 2. The van der Waals surface area contributed by atoms with Crippen LogP contribution in [0, 0.1) is 12.3 Å². The van der Waals surface area contributed by atoms with Gasteiger partial charge in [-0.15, -0.1) is 24.0 Å². The Kier molecular flexibility index (Phi) is 8.78. The van der Waals surface area contributed by atoms with Gasteiger partial charge in [0.2, 0.25) is 11.8 Å². The van der Waals surface area contributed by atoms with Crippen molar-refractivity contribution >= 4 is 41.7 Å². The second-order valence-corrected chi connectivity index (χ2v) is 14.4. The van der Waals surface area contributed by atoms with Crippen LogP contribution in [0.1, 0.15) is 65.1 Å². The average molecular weight is 607 g/mol. The van der Waals surface area contributed by atoms with E-state index in [4.69, 9.17) is 4.74 Å². The first kappa shape index (κ1) is 31.2. The van der Waals surface area contributed by atoms with Crippen molar-refractivity contribution in [1.82, 2.24) is 20.5 Å². The van der Waals surface area contributed by atoms with Crippen molar-refractivity contribution in [1.29, 1.82) is 0 Å². The molecule has 0 unspecified atom stereocenters. The number of thiazole rings is 1. The van der Waals surface area contributed by atoms with Gasteiger partial charge in [-0.2, -0.15) is 0 Å². The Morgan fingerprint density at radius 2 is 1.95 bits per heavy atom. The Morgan fingerprint density at radius 3 is 2.51 bits per heavy atom. The first-order chi connectivity index (χ1) is 19.0. The Bertz CT molecular complexity index is 1320. The minimum absolute atomic E-state index is 0.0477. The predicted octanol–water partition coefficient (Wildman–Crippen LogP) is 3.77. The monoisotopic (exact) mass is 606 g/mol. The van der Waals surface area contributed by atoms with Crippen LogP contribution in [0.4, 0.5) is 4.39 Å². The van der Waals surface area contributed by atoms with Crippen molar-refractivity contribution in [2.75, 3.05) is 6.54 Å². The van der Waals surface area contributed by atoms with Crippen molar-refractivity contribution in [3.63, 3.8) is 0 Å². The molecule has 0 radical (unpaired) electrons. The third-order valence-corrected chi connectivity index (χ3v) is 8.31. The van der Waals surface area contributed by atoms with Crippen LogP contribution >= 0.6 is 24.0 Å². The van der Waals surface area contributed by atoms with Gasteiger partial charge in [0.25, 0.3) is 5.91 Å². The highest BCUT2D eigenvalue weighted by atomic mass is 32.1. The summed E-state index contributed by atoms with van der Waals surface area (Å²) in [5, 5.41) is 15.9. The number of carbonyl (C=O) groups is 3. The quantitative estimate of drug-likeness (QED) is 0.255. The number of β-amino-alcohol motifs (C(OH)–C–C–N with tert-alkyl or cyclic N) is 1. The lowest BCUT2D eigenvalue weighted by Gasteiger charge is -2.35. The number of aliphatic hydroxyl groups excluding tert-OH is 1. The smallest absolute Gasteiger partial charge is 0.258 e. The van der Waals surface area contributed by atoms with Gasteiger partial charge < -0.3 is 25.4 Å². The van der Waals surface area contributed by atoms with E-state index in [1.54, 1.807) is 26.3 Å². The molecule has 1 aliphatic heterocycles. The summed E-state index contributed by atoms with van der Waals surface area (Å²) in [5.74, 6) is -1.25. The molecule has 2 heterocycles. The number of alkyl halides is 1. The summed E-state index contributed by atoms with van der Waals surface area (Å²) in [4.78, 5) is 45.4. The molecule has 1 aromatic carbocycles. The number of aromatic nitrogens is 1. The van der Waals surface area contributed by atoms with Crippen LogP contribution in [0.2, 0.25) is 0 Å². The molecule has 3 amide bonds. The molecule has 3 atom stereocenters. The van der Waals surface area contributed by atoms with Crippen molar-refractivity contribution in [2.24, 2.45) is 5.41 Å². The molecule has 0 bridgehead atoms. The van der Waals surface area contributed by atoms with Gasteiger partial charge in [0.1, 0.15) is 22.8 Å². The van der Waals surface area contributed by atoms with E-state index >= 15 is 0 Å². The topological polar surface area (TPSA) is 121 Å². The van der Waals surface area contributed by atoms with Gasteiger partial charge in [0.15, 0.2) is 5.67 Å². The summed E-state index contributed by atoms with van der Waals surface area (Å²) in [6, 6.07) is 3.67. The number of amides is 3. The van der Waals surface area contributed by atoms with Crippen molar-refractivity contribution < 1.29 is 28.6 Å². The Balaban J connectivity index is 1.51. The Labute approximate surface area is 249 Å². The van der Waals surface area contributed by atoms with Crippen LogP contribution in [0.5, 0.6) is 5.75 Å². The number of halogens is 1. The van der Waals surface area contributed by atoms with Gasteiger partial charge in [0.05, 0.1) is 22.2 Å². The molecule has 0 spiro atoms. The van der Waals surface area contributed by atoms with Crippen LogP contribution in [-0.2, 0) is 20.9 Å². The van der Waals surface area contributed by atoms with Gasteiger partial charge in [-0.1, -0.05) is 32.9 Å². The largest absolute Gasteiger partial charge is 0.477 e. The van der Waals surface area contributed by atoms with Crippen molar-refractivity contribution in [3.8, 4) is 16.2 Å². The van der Waals surface area contributed by atoms with E-state index in [0.717, 1.165) is 16.1 Å². The minimum atomic E-state index is -1.94. The fourth-order valence-corrected chi connectivity index (χ4v) is 5.70. The van der Waals surface area contributed by atoms with E-state index in [-0.39, 0.29) is 32.4 Å². The summed E-state index contributed by atoms with van der Waals surface area (Å²) >= 11 is 6.03. The minimum Gasteiger partial charge on any atom is -0.477 e. The Morgan fingerprint density at radius 1 is 1.27 bits per heavy atom. The second-order valence-electron chi connectivity index (χ2n) is 12.5. The summed E-state index contributed by atoms with van der Waals surface area (Å²) in [6.45, 7) is 10.9. The maximum Gasteiger partial charge on any atom is 0.258 e. The van der Waals surface area contributed by atoms with E-state index in [2.05, 4.69) is 28.2 Å². The zero-order valence-electron chi connectivity index (χ0n) is 24.3. The van der Waals surface area contributed by atoms with Crippen LogP contribution in [0.3, 0.4) is 0 Å². The highest BCUT2D eigenvalue weighted by Gasteiger charge is 2.53. The van der Waals surface area contributed by atoms with E-state index < -0.39 is 51.9 Å². The molecule has 12 heteroatoms. The third-order valence-electron chi connectivity index (χ3n) is 7.24. The molecule has 224 valence electrons. The lowest BCUT2D eigenvalue weighted by molar-refractivity contribution is -0.145. The number of rotatable bonds is 9. The number of benzene rings is 1. The van der Waals surface area contributed by atoms with Crippen molar-refractivity contribution in [2.45, 2.75) is 96.1 Å². The zero-order valence-corrected chi connectivity index (χ0v) is 26.0. The third kappa shape index (κ3) is 7.39. The van der Waals surface area contributed by atoms with Gasteiger partial charge >= 0.3 is 0 Å². The zero-order chi connectivity index (χ0) is 30.3. The van der Waals surface area contributed by atoms with Crippen LogP contribution < -0.4 is 15.4 Å². The van der Waals surface area contributed by atoms with E-state index in [1.165, 1.54) is 16.2 Å². The molecule has 41 heavy (non-hydrogen) atoms. The van der Waals surface area contributed by atoms with Crippen molar-refractivity contribution in [3.05, 3.63) is 35.0 Å². The van der Waals surface area contributed by atoms with E-state index in [9.17, 15) is 23.9 Å². The highest BCUT2D eigenvalue weighted by molar-refractivity contribution is 7.81. The number of aliphatic hydroxyl groups is 1. The summed E-state index contributed by atoms with van der Waals surface area (Å²) < 4.78 is 20.5. The summed E-state index contributed by atoms with van der Waals surface area (Å²) in [7, 11) is 0. The second kappa shape index (κ2) is 11.5. The molecule has 1 aliphatic carbocycles. The summed E-state index contributed by atoms with van der Waals surface area (Å²) in [6.07, 6.45) is -0.615. The lowest BCUT2D eigenvalue weighted by atomic mass is 9.85.